The summed E-state index contributed by atoms with van der Waals surface area (Å²) in [5, 5.41) is 0.790. The minimum absolute atomic E-state index is 0.166. The molecular formula is C23H18FN7O4S2. The summed E-state index contributed by atoms with van der Waals surface area (Å²) >= 11 is 1.11. The van der Waals surface area contributed by atoms with Gasteiger partial charge in [0.1, 0.15) is 10.6 Å². The van der Waals surface area contributed by atoms with Crippen LogP contribution in [0.3, 0.4) is 0 Å². The minimum atomic E-state index is -4.17. The number of ketones is 1. The zero-order valence-corrected chi connectivity index (χ0v) is 21.0. The Hall–Kier alpha value is -4.43. The van der Waals surface area contributed by atoms with Crippen molar-refractivity contribution in [2.24, 2.45) is 0 Å². The second-order valence-corrected chi connectivity index (χ2v) is 10.3. The third-order valence-corrected chi connectivity index (χ3v) is 7.85. The molecule has 0 aliphatic rings. The van der Waals surface area contributed by atoms with E-state index in [1.54, 1.807) is 24.7 Å². The van der Waals surface area contributed by atoms with Gasteiger partial charge in [-0.1, -0.05) is 6.07 Å². The van der Waals surface area contributed by atoms with E-state index < -0.39 is 21.8 Å². The molecule has 0 saturated carbocycles. The van der Waals surface area contributed by atoms with Gasteiger partial charge in [0, 0.05) is 53.9 Å². The van der Waals surface area contributed by atoms with Crippen LogP contribution in [-0.2, 0) is 10.2 Å². The first kappa shape index (κ1) is 24.3. The van der Waals surface area contributed by atoms with Crippen LogP contribution < -0.4 is 13.8 Å². The number of anilines is 2. The van der Waals surface area contributed by atoms with Gasteiger partial charge in [-0.05, 0) is 18.2 Å². The summed E-state index contributed by atoms with van der Waals surface area (Å²) in [6, 6.07) is 5.85. The normalized spacial score (nSPS) is 11.4. The summed E-state index contributed by atoms with van der Waals surface area (Å²) in [6.45, 7) is 0. The Morgan fingerprint density at radius 1 is 1.11 bits per heavy atom. The van der Waals surface area contributed by atoms with E-state index in [2.05, 4.69) is 29.6 Å². The topological polar surface area (TPSA) is 143 Å². The Labute approximate surface area is 214 Å². The number of thiazole rings is 1. The highest BCUT2D eigenvalue weighted by Gasteiger charge is 2.25. The van der Waals surface area contributed by atoms with Crippen molar-refractivity contribution in [3.05, 3.63) is 77.7 Å². The summed E-state index contributed by atoms with van der Waals surface area (Å²) in [4.78, 5) is 32.6. The Kier molecular flexibility index (Phi) is 6.27. The number of rotatable bonds is 8. The van der Waals surface area contributed by atoms with E-state index in [4.69, 9.17) is 4.74 Å². The molecule has 0 aliphatic carbocycles. The zero-order chi connectivity index (χ0) is 26.2. The van der Waals surface area contributed by atoms with E-state index in [9.17, 15) is 13.2 Å². The number of benzene rings is 1. The molecule has 0 bridgehead atoms. The highest BCUT2D eigenvalue weighted by molar-refractivity contribution is 7.94. The standard InChI is InChI=1S/C23H18FN7O4S2/c1-31(19-11-25-12-36-19)37(33,34)30-18-5-3-4-15(20(18)24)21(32)17-10-27-22-16(17)6-13(7-26-22)14-8-28-23(35-2)29-9-14/h3-12,30H,1-2H3,(H,26,27). The summed E-state index contributed by atoms with van der Waals surface area (Å²) in [5.74, 6) is -1.65. The Morgan fingerprint density at radius 2 is 1.86 bits per heavy atom. The second-order valence-electron chi connectivity index (χ2n) is 7.69. The molecule has 0 saturated heterocycles. The fourth-order valence-electron chi connectivity index (χ4n) is 3.54. The highest BCUT2D eigenvalue weighted by atomic mass is 32.2. The number of hydrogen-bond acceptors (Lipinski definition) is 9. The summed E-state index contributed by atoms with van der Waals surface area (Å²) in [7, 11) is -1.40. The molecule has 0 fully saturated rings. The largest absolute Gasteiger partial charge is 0.467 e. The van der Waals surface area contributed by atoms with Gasteiger partial charge in [0.2, 0.25) is 0 Å². The van der Waals surface area contributed by atoms with Crippen molar-refractivity contribution in [1.29, 1.82) is 0 Å². The first-order chi connectivity index (χ1) is 17.8. The van der Waals surface area contributed by atoms with Gasteiger partial charge in [-0.15, -0.1) is 11.3 Å². The molecule has 37 heavy (non-hydrogen) atoms. The van der Waals surface area contributed by atoms with Gasteiger partial charge in [0.15, 0.2) is 11.6 Å². The van der Waals surface area contributed by atoms with Crippen molar-refractivity contribution in [2.45, 2.75) is 0 Å². The van der Waals surface area contributed by atoms with Crippen LogP contribution >= 0.6 is 11.3 Å². The lowest BCUT2D eigenvalue weighted by Crippen LogP contribution is -2.32. The minimum Gasteiger partial charge on any atom is -0.467 e. The molecule has 0 radical (unpaired) electrons. The fourth-order valence-corrected chi connectivity index (χ4v) is 5.32. The van der Waals surface area contributed by atoms with Crippen LogP contribution in [0.15, 0.2) is 60.8 Å². The number of H-pyrrole nitrogens is 1. The van der Waals surface area contributed by atoms with Gasteiger partial charge in [-0.25, -0.2) is 23.6 Å². The Bertz CT molecular complexity index is 1710. The first-order valence-electron chi connectivity index (χ1n) is 10.6. The lowest BCUT2D eigenvalue weighted by molar-refractivity contribution is 0.103. The number of aromatic amines is 1. The quantitative estimate of drug-likeness (QED) is 0.285. The molecule has 2 N–H and O–H groups in total. The molecule has 188 valence electrons. The number of carbonyl (C=O) groups excluding carboxylic acids is 1. The molecule has 0 atom stereocenters. The van der Waals surface area contributed by atoms with Crippen molar-refractivity contribution < 1.29 is 22.3 Å². The number of nitrogens with zero attached hydrogens (tertiary/aromatic N) is 5. The number of pyridine rings is 1. The van der Waals surface area contributed by atoms with Crippen LogP contribution in [-0.4, -0.2) is 53.3 Å². The number of hydrogen-bond donors (Lipinski definition) is 2. The smallest absolute Gasteiger partial charge is 0.324 e. The van der Waals surface area contributed by atoms with Crippen LogP contribution in [0.25, 0.3) is 22.2 Å². The number of aromatic nitrogens is 5. The number of fused-ring (bicyclic) bond motifs is 1. The molecule has 4 aromatic heterocycles. The maximum atomic E-state index is 15.4. The lowest BCUT2D eigenvalue weighted by Gasteiger charge is -2.18. The fraction of sp³-hybridized carbons (Fsp3) is 0.0870. The zero-order valence-electron chi connectivity index (χ0n) is 19.3. The van der Waals surface area contributed by atoms with Crippen molar-refractivity contribution in [3.8, 4) is 17.1 Å². The predicted molar refractivity (Wildman–Crippen MR) is 137 cm³/mol. The third kappa shape index (κ3) is 4.59. The maximum Gasteiger partial charge on any atom is 0.324 e. The van der Waals surface area contributed by atoms with Crippen LogP contribution in [0.5, 0.6) is 6.01 Å². The molecule has 1 aromatic carbocycles. The SMILES string of the molecule is COc1ncc(-c2cnc3[nH]cc(C(=O)c4cccc(NS(=O)(=O)N(C)c5cncs5)c4F)c3c2)cn1. The third-order valence-electron chi connectivity index (χ3n) is 5.49. The molecule has 14 heteroatoms. The van der Waals surface area contributed by atoms with Crippen LogP contribution in [0.1, 0.15) is 15.9 Å². The predicted octanol–water partition coefficient (Wildman–Crippen LogP) is 3.65. The number of halogens is 1. The summed E-state index contributed by atoms with van der Waals surface area (Å²) in [6.07, 6.45) is 7.51. The number of ether oxygens (including phenoxy) is 1. The van der Waals surface area contributed by atoms with Crippen molar-refractivity contribution in [1.82, 2.24) is 24.9 Å². The van der Waals surface area contributed by atoms with E-state index in [-0.39, 0.29) is 22.8 Å². The first-order valence-corrected chi connectivity index (χ1v) is 12.9. The Balaban J connectivity index is 1.48. The molecule has 5 rings (SSSR count). The molecular weight excluding hydrogens is 521 g/mol. The second kappa shape index (κ2) is 9.55. The molecule has 0 unspecified atom stereocenters. The van der Waals surface area contributed by atoms with Crippen molar-refractivity contribution in [2.75, 3.05) is 23.2 Å². The Morgan fingerprint density at radius 3 is 2.57 bits per heavy atom. The average Bonchev–Trinajstić information content (AvgIpc) is 3.59. The van der Waals surface area contributed by atoms with E-state index in [0.29, 0.717) is 27.2 Å². The number of carbonyl (C=O) groups is 1. The van der Waals surface area contributed by atoms with Gasteiger partial charge >= 0.3 is 16.2 Å². The van der Waals surface area contributed by atoms with E-state index in [0.717, 1.165) is 15.6 Å². The molecule has 5 aromatic rings. The van der Waals surface area contributed by atoms with E-state index in [1.165, 1.54) is 50.3 Å². The molecule has 0 spiro atoms. The highest BCUT2D eigenvalue weighted by Crippen LogP contribution is 2.29. The van der Waals surface area contributed by atoms with Crippen molar-refractivity contribution >= 4 is 49.1 Å². The van der Waals surface area contributed by atoms with E-state index in [1.807, 2.05) is 0 Å². The summed E-state index contributed by atoms with van der Waals surface area (Å²) < 4.78 is 49.1. The summed E-state index contributed by atoms with van der Waals surface area (Å²) in [5.41, 5.74) is 2.67. The van der Waals surface area contributed by atoms with E-state index >= 15 is 4.39 Å². The molecule has 11 nitrogen and oxygen atoms in total. The van der Waals surface area contributed by atoms with Crippen LogP contribution in [0, 0.1) is 5.82 Å². The molecule has 0 amide bonds. The van der Waals surface area contributed by atoms with Crippen LogP contribution in [0.2, 0.25) is 0 Å². The average molecular weight is 540 g/mol. The van der Waals surface area contributed by atoms with Gasteiger partial charge in [-0.2, -0.15) is 8.42 Å². The van der Waals surface area contributed by atoms with Gasteiger partial charge in [-0.3, -0.25) is 14.5 Å². The molecule has 0 aliphatic heterocycles. The number of methoxy groups -OCH3 is 1. The number of nitrogens with one attached hydrogen (secondary N) is 2. The maximum absolute atomic E-state index is 15.4. The molecule has 4 heterocycles. The van der Waals surface area contributed by atoms with Gasteiger partial charge in [0.05, 0.1) is 30.1 Å². The van der Waals surface area contributed by atoms with Crippen LogP contribution in [0.4, 0.5) is 15.1 Å². The lowest BCUT2D eigenvalue weighted by atomic mass is 10.0. The monoisotopic (exact) mass is 539 g/mol. The van der Waals surface area contributed by atoms with Crippen molar-refractivity contribution in [3.63, 3.8) is 0 Å². The van der Waals surface area contributed by atoms with Gasteiger partial charge in [0.25, 0.3) is 0 Å². The van der Waals surface area contributed by atoms with Gasteiger partial charge < -0.3 is 9.72 Å².